The molecule has 3 rings (SSSR count). The van der Waals surface area contributed by atoms with E-state index in [2.05, 4.69) is 25.9 Å². The van der Waals surface area contributed by atoms with Crippen molar-refractivity contribution in [1.82, 2.24) is 9.97 Å². The van der Waals surface area contributed by atoms with E-state index >= 15 is 0 Å². The fourth-order valence-electron chi connectivity index (χ4n) is 2.05. The topological polar surface area (TPSA) is 78.2 Å². The van der Waals surface area contributed by atoms with Crippen LogP contribution in [0.15, 0.2) is 28.1 Å². The van der Waals surface area contributed by atoms with Gasteiger partial charge in [0.2, 0.25) is 11.6 Å². The van der Waals surface area contributed by atoms with Gasteiger partial charge in [-0.05, 0) is 36.9 Å². The van der Waals surface area contributed by atoms with Gasteiger partial charge in [-0.15, -0.1) is 11.3 Å². The van der Waals surface area contributed by atoms with Gasteiger partial charge in [-0.2, -0.15) is 4.98 Å². The first-order chi connectivity index (χ1) is 10.5. The Morgan fingerprint density at radius 3 is 2.82 bits per heavy atom. The van der Waals surface area contributed by atoms with Crippen LogP contribution in [0.5, 0.6) is 11.6 Å². The summed E-state index contributed by atoms with van der Waals surface area (Å²) in [6.45, 7) is 3.69. The Balaban J connectivity index is 2.15. The lowest BCUT2D eigenvalue weighted by molar-refractivity contribution is -0.385. The summed E-state index contributed by atoms with van der Waals surface area (Å²) < 4.78 is 6.37. The molecule has 2 aromatic heterocycles. The Bertz CT molecular complexity index is 894. The van der Waals surface area contributed by atoms with Gasteiger partial charge in [-0.25, -0.2) is 4.98 Å². The number of rotatable bonds is 3. The third kappa shape index (κ3) is 2.67. The SMILES string of the molecule is Cc1nc(Oc2ccc(Br)cc2[N+](=O)[O-])c2c(C)csc2n1. The Morgan fingerprint density at radius 2 is 2.09 bits per heavy atom. The van der Waals surface area contributed by atoms with Gasteiger partial charge in [0.25, 0.3) is 0 Å². The minimum Gasteiger partial charge on any atom is -0.431 e. The molecule has 0 bridgehead atoms. The second-order valence-corrected chi connectivity index (χ2v) is 6.42. The van der Waals surface area contributed by atoms with E-state index in [0.717, 1.165) is 15.8 Å². The first kappa shape index (κ1) is 14.9. The molecule has 22 heavy (non-hydrogen) atoms. The van der Waals surface area contributed by atoms with E-state index in [-0.39, 0.29) is 11.4 Å². The molecule has 0 aliphatic carbocycles. The summed E-state index contributed by atoms with van der Waals surface area (Å²) in [5.74, 6) is 1.05. The second-order valence-electron chi connectivity index (χ2n) is 4.65. The molecule has 0 amide bonds. The minimum atomic E-state index is -0.480. The average Bonchev–Trinajstić information content (AvgIpc) is 2.82. The minimum absolute atomic E-state index is 0.119. The lowest BCUT2D eigenvalue weighted by atomic mass is 10.2. The van der Waals surface area contributed by atoms with Crippen molar-refractivity contribution in [3.8, 4) is 11.6 Å². The Kier molecular flexibility index (Phi) is 3.79. The van der Waals surface area contributed by atoms with Crippen LogP contribution in [0.25, 0.3) is 10.2 Å². The fraction of sp³-hybridized carbons (Fsp3) is 0.143. The van der Waals surface area contributed by atoms with E-state index in [1.807, 2.05) is 12.3 Å². The number of nitro groups is 1. The molecule has 1 aromatic carbocycles. The zero-order chi connectivity index (χ0) is 15.9. The first-order valence-electron chi connectivity index (χ1n) is 6.30. The Labute approximate surface area is 138 Å². The largest absolute Gasteiger partial charge is 0.431 e. The predicted molar refractivity (Wildman–Crippen MR) is 87.8 cm³/mol. The van der Waals surface area contributed by atoms with Crippen molar-refractivity contribution >= 4 is 43.2 Å². The van der Waals surface area contributed by atoms with Crippen molar-refractivity contribution in [2.45, 2.75) is 13.8 Å². The number of halogens is 1. The highest BCUT2D eigenvalue weighted by atomic mass is 79.9. The molecular weight excluding hydrogens is 370 g/mol. The molecule has 6 nitrogen and oxygen atoms in total. The molecule has 0 aliphatic heterocycles. The number of aromatic nitrogens is 2. The van der Waals surface area contributed by atoms with Crippen molar-refractivity contribution < 1.29 is 9.66 Å². The monoisotopic (exact) mass is 379 g/mol. The number of aryl methyl sites for hydroxylation is 2. The summed E-state index contributed by atoms with van der Waals surface area (Å²) in [5.41, 5.74) is 0.862. The molecule has 0 saturated heterocycles. The van der Waals surface area contributed by atoms with Crippen molar-refractivity contribution in [2.75, 3.05) is 0 Å². The summed E-state index contributed by atoms with van der Waals surface area (Å²) in [7, 11) is 0. The highest BCUT2D eigenvalue weighted by molar-refractivity contribution is 9.10. The zero-order valence-electron chi connectivity index (χ0n) is 11.7. The highest BCUT2D eigenvalue weighted by Gasteiger charge is 2.19. The van der Waals surface area contributed by atoms with Gasteiger partial charge in [0.15, 0.2) is 0 Å². The van der Waals surface area contributed by atoms with Crippen molar-refractivity contribution in [1.29, 1.82) is 0 Å². The van der Waals surface area contributed by atoms with Gasteiger partial charge >= 0.3 is 5.69 Å². The molecule has 0 saturated carbocycles. The van der Waals surface area contributed by atoms with Crippen molar-refractivity contribution in [2.24, 2.45) is 0 Å². The van der Waals surface area contributed by atoms with Gasteiger partial charge in [0.05, 0.1) is 10.3 Å². The number of hydrogen-bond donors (Lipinski definition) is 0. The van der Waals surface area contributed by atoms with E-state index in [1.165, 1.54) is 17.4 Å². The third-order valence-electron chi connectivity index (χ3n) is 3.02. The number of benzene rings is 1. The van der Waals surface area contributed by atoms with Crippen LogP contribution in [-0.2, 0) is 0 Å². The molecule has 3 aromatic rings. The number of hydrogen-bond acceptors (Lipinski definition) is 6. The van der Waals surface area contributed by atoms with E-state index in [1.54, 1.807) is 19.1 Å². The fourth-order valence-corrected chi connectivity index (χ4v) is 3.35. The first-order valence-corrected chi connectivity index (χ1v) is 7.97. The van der Waals surface area contributed by atoms with Crippen LogP contribution < -0.4 is 4.74 Å². The van der Waals surface area contributed by atoms with E-state index in [9.17, 15) is 10.1 Å². The van der Waals surface area contributed by atoms with E-state index in [4.69, 9.17) is 4.74 Å². The van der Waals surface area contributed by atoms with Crippen LogP contribution >= 0.6 is 27.3 Å². The van der Waals surface area contributed by atoms with E-state index < -0.39 is 4.92 Å². The summed E-state index contributed by atoms with van der Waals surface area (Å²) in [6.07, 6.45) is 0. The van der Waals surface area contributed by atoms with Crippen molar-refractivity contribution in [3.05, 3.63) is 49.6 Å². The molecule has 112 valence electrons. The number of nitrogens with zero attached hydrogens (tertiary/aromatic N) is 3. The predicted octanol–water partition coefficient (Wildman–Crippen LogP) is 4.77. The molecule has 0 radical (unpaired) electrons. The second kappa shape index (κ2) is 5.62. The van der Waals surface area contributed by atoms with Gasteiger partial charge < -0.3 is 4.74 Å². The number of ether oxygens (including phenoxy) is 1. The molecular formula is C14H10BrN3O3S. The van der Waals surface area contributed by atoms with Gasteiger partial charge in [-0.1, -0.05) is 15.9 Å². The molecule has 0 unspecified atom stereocenters. The molecule has 0 fully saturated rings. The normalized spacial score (nSPS) is 10.9. The van der Waals surface area contributed by atoms with Crippen LogP contribution in [0.4, 0.5) is 5.69 Å². The zero-order valence-corrected chi connectivity index (χ0v) is 14.1. The maximum Gasteiger partial charge on any atom is 0.312 e. The highest BCUT2D eigenvalue weighted by Crippen LogP contribution is 2.37. The molecule has 0 aliphatic rings. The Morgan fingerprint density at radius 1 is 1.32 bits per heavy atom. The number of fused-ring (bicyclic) bond motifs is 1. The lowest BCUT2D eigenvalue weighted by Gasteiger charge is -2.08. The Hall–Kier alpha value is -2.06. The summed E-state index contributed by atoms with van der Waals surface area (Å²) >= 11 is 4.72. The van der Waals surface area contributed by atoms with Crippen LogP contribution in [0.3, 0.4) is 0 Å². The summed E-state index contributed by atoms with van der Waals surface area (Å²) in [5, 5.41) is 13.9. The van der Waals surface area contributed by atoms with Crippen molar-refractivity contribution in [3.63, 3.8) is 0 Å². The van der Waals surface area contributed by atoms with Crippen LogP contribution in [0.2, 0.25) is 0 Å². The lowest BCUT2D eigenvalue weighted by Crippen LogP contribution is -1.97. The molecule has 2 heterocycles. The molecule has 0 spiro atoms. The molecule has 0 atom stereocenters. The molecule has 8 heteroatoms. The smallest absolute Gasteiger partial charge is 0.312 e. The number of thiophene rings is 1. The average molecular weight is 380 g/mol. The number of nitro benzene ring substituents is 1. The van der Waals surface area contributed by atoms with Gasteiger partial charge in [0, 0.05) is 10.5 Å². The van der Waals surface area contributed by atoms with E-state index in [0.29, 0.717) is 16.2 Å². The third-order valence-corrected chi connectivity index (χ3v) is 4.50. The standard InChI is InChI=1S/C14H10BrN3O3S/c1-7-6-22-14-12(7)13(16-8(2)17-14)21-11-4-3-9(15)5-10(11)18(19)20/h3-6H,1-2H3. The maximum atomic E-state index is 11.2. The van der Waals surface area contributed by atoms with Gasteiger partial charge in [-0.3, -0.25) is 10.1 Å². The van der Waals surface area contributed by atoms with Gasteiger partial charge in [0.1, 0.15) is 10.7 Å². The summed E-state index contributed by atoms with van der Waals surface area (Å²) in [6, 6.07) is 4.64. The quantitative estimate of drug-likeness (QED) is 0.483. The van der Waals surface area contributed by atoms with Crippen LogP contribution in [0, 0.1) is 24.0 Å². The summed E-state index contributed by atoms with van der Waals surface area (Å²) in [4.78, 5) is 20.2. The van der Waals surface area contributed by atoms with Crippen LogP contribution in [0.1, 0.15) is 11.4 Å². The van der Waals surface area contributed by atoms with Crippen LogP contribution in [-0.4, -0.2) is 14.9 Å². The molecule has 0 N–H and O–H groups in total. The maximum absolute atomic E-state index is 11.2.